The van der Waals surface area contributed by atoms with Crippen molar-refractivity contribution in [1.29, 1.82) is 0 Å². The lowest BCUT2D eigenvalue weighted by Crippen LogP contribution is -2.19. The minimum atomic E-state index is 0. The number of hydrogen-bond donors (Lipinski definition) is 0. The Labute approximate surface area is 155 Å². The van der Waals surface area contributed by atoms with Crippen LogP contribution in [0.25, 0.3) is 5.57 Å². The van der Waals surface area contributed by atoms with Crippen LogP contribution in [0.1, 0.15) is 18.1 Å². The molecule has 0 saturated heterocycles. The van der Waals surface area contributed by atoms with Crippen molar-refractivity contribution in [3.05, 3.63) is 78.0 Å². The summed E-state index contributed by atoms with van der Waals surface area (Å²) in [5, 5.41) is 0. The van der Waals surface area contributed by atoms with E-state index in [9.17, 15) is 0 Å². The van der Waals surface area contributed by atoms with Gasteiger partial charge in [0.25, 0.3) is 0 Å². The number of halogens is 1. The minimum Gasteiger partial charge on any atom is -0.348 e. The summed E-state index contributed by atoms with van der Waals surface area (Å²) < 4.78 is 0. The van der Waals surface area contributed by atoms with E-state index in [1.807, 2.05) is 36.5 Å². The first-order chi connectivity index (χ1) is 10.8. The number of anilines is 1. The van der Waals surface area contributed by atoms with E-state index in [4.69, 9.17) is 0 Å². The molecule has 2 aromatic carbocycles. The van der Waals surface area contributed by atoms with E-state index < -0.39 is 0 Å². The molecule has 0 unspecified atom stereocenters. The van der Waals surface area contributed by atoms with Crippen LogP contribution in [0.2, 0.25) is 0 Å². The SMILES string of the molecule is CCN1C=C/C(=C\C=Nc2ccccc2)c2cc(C)ccc21.I. The molecule has 2 nitrogen and oxygen atoms in total. The number of allylic oxidation sites excluding steroid dienone is 3. The van der Waals surface area contributed by atoms with Crippen LogP contribution >= 0.6 is 24.0 Å². The lowest BCUT2D eigenvalue weighted by molar-refractivity contribution is 1.01. The van der Waals surface area contributed by atoms with Crippen LogP contribution < -0.4 is 4.90 Å². The fourth-order valence-corrected chi connectivity index (χ4v) is 2.61. The van der Waals surface area contributed by atoms with Gasteiger partial charge in [0.15, 0.2) is 0 Å². The van der Waals surface area contributed by atoms with Gasteiger partial charge < -0.3 is 4.90 Å². The van der Waals surface area contributed by atoms with Crippen LogP contribution in [-0.2, 0) is 0 Å². The Balaban J connectivity index is 0.00000192. The van der Waals surface area contributed by atoms with Gasteiger partial charge in [-0.05, 0) is 55.8 Å². The van der Waals surface area contributed by atoms with Crippen molar-refractivity contribution >= 4 is 47.1 Å². The molecule has 0 atom stereocenters. The summed E-state index contributed by atoms with van der Waals surface area (Å²) in [5.74, 6) is 0. The first kappa shape index (κ1) is 17.5. The van der Waals surface area contributed by atoms with Crippen molar-refractivity contribution < 1.29 is 0 Å². The molecule has 0 amide bonds. The van der Waals surface area contributed by atoms with Crippen LogP contribution in [0.3, 0.4) is 0 Å². The summed E-state index contributed by atoms with van der Waals surface area (Å²) >= 11 is 0. The Morgan fingerprint density at radius 2 is 1.87 bits per heavy atom. The molecule has 0 aromatic heterocycles. The van der Waals surface area contributed by atoms with Crippen molar-refractivity contribution in [2.75, 3.05) is 11.4 Å². The van der Waals surface area contributed by atoms with Gasteiger partial charge in [0.1, 0.15) is 0 Å². The maximum Gasteiger partial charge on any atom is 0.0629 e. The molecule has 2 aromatic rings. The zero-order valence-corrected chi connectivity index (χ0v) is 15.8. The number of aryl methyl sites for hydroxylation is 1. The molecule has 3 rings (SSSR count). The van der Waals surface area contributed by atoms with E-state index in [1.165, 1.54) is 22.4 Å². The van der Waals surface area contributed by atoms with Crippen LogP contribution in [0.5, 0.6) is 0 Å². The predicted molar refractivity (Wildman–Crippen MR) is 111 cm³/mol. The zero-order chi connectivity index (χ0) is 15.4. The summed E-state index contributed by atoms with van der Waals surface area (Å²) in [6, 6.07) is 16.6. The second-order valence-electron chi connectivity index (χ2n) is 5.36. The number of aliphatic imine (C=N–C) groups is 1. The fraction of sp³-hybridized carbons (Fsp3) is 0.150. The highest BCUT2D eigenvalue weighted by atomic mass is 127. The van der Waals surface area contributed by atoms with Crippen molar-refractivity contribution in [2.24, 2.45) is 4.99 Å². The van der Waals surface area contributed by atoms with Crippen molar-refractivity contribution in [3.63, 3.8) is 0 Å². The van der Waals surface area contributed by atoms with E-state index in [2.05, 4.69) is 60.3 Å². The lowest BCUT2D eigenvalue weighted by atomic mass is 9.98. The van der Waals surface area contributed by atoms with Crippen LogP contribution in [0.4, 0.5) is 11.4 Å². The number of nitrogens with zero attached hydrogens (tertiary/aromatic N) is 2. The predicted octanol–water partition coefficient (Wildman–Crippen LogP) is 5.75. The van der Waals surface area contributed by atoms with Gasteiger partial charge in [-0.25, -0.2) is 0 Å². The summed E-state index contributed by atoms with van der Waals surface area (Å²) in [5.41, 5.74) is 5.97. The Kier molecular flexibility index (Phi) is 6.16. The fourth-order valence-electron chi connectivity index (χ4n) is 2.61. The quantitative estimate of drug-likeness (QED) is 0.460. The summed E-state index contributed by atoms with van der Waals surface area (Å²) in [4.78, 5) is 6.75. The van der Waals surface area contributed by atoms with Crippen LogP contribution in [0, 0.1) is 6.92 Å². The standard InChI is InChI=1S/C20H20N2.HI/c1-3-22-14-12-17(19-15-16(2)9-10-20(19)22)11-13-21-18-7-5-4-6-8-18;/h4-15H,3H2,1-2H3;1H/b17-11+,21-13?;. The van der Waals surface area contributed by atoms with Gasteiger partial charge in [0.05, 0.1) is 5.69 Å². The third-order valence-electron chi connectivity index (χ3n) is 3.78. The first-order valence-corrected chi connectivity index (χ1v) is 7.63. The van der Waals surface area contributed by atoms with Crippen molar-refractivity contribution in [1.82, 2.24) is 0 Å². The van der Waals surface area contributed by atoms with Gasteiger partial charge >= 0.3 is 0 Å². The highest BCUT2D eigenvalue weighted by Crippen LogP contribution is 2.33. The first-order valence-electron chi connectivity index (χ1n) is 7.63. The Morgan fingerprint density at radius 3 is 2.61 bits per heavy atom. The molecule has 1 heterocycles. The average molecular weight is 416 g/mol. The molecule has 1 aliphatic heterocycles. The normalized spacial score (nSPS) is 14.9. The highest BCUT2D eigenvalue weighted by molar-refractivity contribution is 14.0. The minimum absolute atomic E-state index is 0. The molecule has 23 heavy (non-hydrogen) atoms. The van der Waals surface area contributed by atoms with Gasteiger partial charge in [-0.1, -0.05) is 29.8 Å². The monoisotopic (exact) mass is 416 g/mol. The van der Waals surface area contributed by atoms with E-state index in [0.717, 1.165) is 12.2 Å². The van der Waals surface area contributed by atoms with Gasteiger partial charge in [0.2, 0.25) is 0 Å². The second-order valence-corrected chi connectivity index (χ2v) is 5.36. The third-order valence-corrected chi connectivity index (χ3v) is 3.78. The topological polar surface area (TPSA) is 15.6 Å². The molecule has 0 aliphatic carbocycles. The summed E-state index contributed by atoms with van der Waals surface area (Å²) in [6.45, 7) is 5.27. The van der Waals surface area contributed by atoms with Gasteiger partial charge in [0, 0.05) is 30.2 Å². The Bertz CT molecular complexity index is 745. The van der Waals surface area contributed by atoms with Crippen molar-refractivity contribution in [3.8, 4) is 0 Å². The number of rotatable bonds is 3. The van der Waals surface area contributed by atoms with E-state index >= 15 is 0 Å². The van der Waals surface area contributed by atoms with Gasteiger partial charge in [-0.3, -0.25) is 4.99 Å². The molecule has 118 valence electrons. The highest BCUT2D eigenvalue weighted by Gasteiger charge is 2.14. The van der Waals surface area contributed by atoms with E-state index in [0.29, 0.717) is 0 Å². The smallest absolute Gasteiger partial charge is 0.0629 e. The van der Waals surface area contributed by atoms with Gasteiger partial charge in [-0.2, -0.15) is 0 Å². The second kappa shape index (κ2) is 8.11. The Morgan fingerprint density at radius 1 is 1.09 bits per heavy atom. The summed E-state index contributed by atoms with van der Waals surface area (Å²) in [6.07, 6.45) is 8.25. The van der Waals surface area contributed by atoms with Gasteiger partial charge in [-0.15, -0.1) is 24.0 Å². The maximum atomic E-state index is 4.49. The summed E-state index contributed by atoms with van der Waals surface area (Å²) in [7, 11) is 0. The van der Waals surface area contributed by atoms with Crippen LogP contribution in [0.15, 0.2) is 71.9 Å². The number of fused-ring (bicyclic) bond motifs is 1. The molecule has 0 saturated carbocycles. The molecule has 0 spiro atoms. The molecule has 3 heteroatoms. The number of benzene rings is 2. The molecular formula is C20H21IN2. The molecule has 0 fully saturated rings. The molecular weight excluding hydrogens is 395 g/mol. The van der Waals surface area contributed by atoms with E-state index in [1.54, 1.807) is 0 Å². The third kappa shape index (κ3) is 4.10. The molecule has 0 radical (unpaired) electrons. The Hall–Kier alpha value is -1.88. The van der Waals surface area contributed by atoms with E-state index in [-0.39, 0.29) is 24.0 Å². The van der Waals surface area contributed by atoms with Crippen molar-refractivity contribution in [2.45, 2.75) is 13.8 Å². The lowest BCUT2D eigenvalue weighted by Gasteiger charge is -2.26. The number of hydrogen-bond acceptors (Lipinski definition) is 2. The van der Waals surface area contributed by atoms with Crippen LogP contribution in [-0.4, -0.2) is 12.8 Å². The maximum absolute atomic E-state index is 4.49. The zero-order valence-electron chi connectivity index (χ0n) is 13.4. The largest absolute Gasteiger partial charge is 0.348 e. The number of para-hydroxylation sites is 1. The average Bonchev–Trinajstić information content (AvgIpc) is 2.56. The molecule has 0 N–H and O–H groups in total. The molecule has 0 bridgehead atoms. The molecule has 1 aliphatic rings.